The summed E-state index contributed by atoms with van der Waals surface area (Å²) < 4.78 is 27.2. The molecule has 0 saturated heterocycles. The summed E-state index contributed by atoms with van der Waals surface area (Å²) in [4.78, 5) is 8.91. The van der Waals surface area contributed by atoms with Crippen LogP contribution >= 0.6 is 34.2 Å². The summed E-state index contributed by atoms with van der Waals surface area (Å²) >= 11 is 8.20. The maximum Gasteiger partial charge on any atom is 0.198 e. The highest BCUT2D eigenvalue weighted by Crippen LogP contribution is 2.26. The summed E-state index contributed by atoms with van der Waals surface area (Å²) in [6.45, 7) is 2.61. The number of hydrogen-bond acceptors (Lipinski definition) is 4. The summed E-state index contributed by atoms with van der Waals surface area (Å²) in [5, 5.41) is 0.585. The third-order valence-electron chi connectivity index (χ3n) is 3.50. The molecular weight excluding hydrogens is 437 g/mol. The van der Waals surface area contributed by atoms with Gasteiger partial charge in [0.1, 0.15) is 14.7 Å². The Hall–Kier alpha value is -0.930. The van der Waals surface area contributed by atoms with Gasteiger partial charge in [-0.25, -0.2) is 13.4 Å². The van der Waals surface area contributed by atoms with Gasteiger partial charge in [-0.05, 0) is 41.6 Å². The van der Waals surface area contributed by atoms with Gasteiger partial charge in [0.15, 0.2) is 15.7 Å². The molecule has 0 spiro atoms. The first kappa shape index (κ1) is 15.9. The number of halogens is 2. The Balaban J connectivity index is 1.86. The quantitative estimate of drug-likeness (QED) is 0.677. The standard InChI is InChI=1S/C14H13ClIN3O2S/c1-9-2-4-10(5-3-9)22(20,21)8-17-11-6-7-19-12(15)13(16)18-14(11)19/h2-5H,6-8H2,1H3. The average molecular weight is 450 g/mol. The van der Waals surface area contributed by atoms with Gasteiger partial charge < -0.3 is 4.57 Å². The minimum Gasteiger partial charge on any atom is -0.313 e. The fourth-order valence-electron chi connectivity index (χ4n) is 2.29. The van der Waals surface area contributed by atoms with Crippen LogP contribution in [0.1, 0.15) is 17.8 Å². The summed E-state index contributed by atoms with van der Waals surface area (Å²) in [5.74, 6) is 0.403. The van der Waals surface area contributed by atoms with Crippen LogP contribution in [0.25, 0.3) is 0 Å². The molecule has 2 aromatic rings. The van der Waals surface area contributed by atoms with E-state index in [0.29, 0.717) is 33.4 Å². The highest BCUT2D eigenvalue weighted by molar-refractivity contribution is 14.1. The number of aliphatic imine (C=N–C) groups is 1. The molecule has 0 radical (unpaired) electrons. The molecule has 2 heterocycles. The fourth-order valence-corrected chi connectivity index (χ4v) is 4.04. The first-order valence-electron chi connectivity index (χ1n) is 6.63. The van der Waals surface area contributed by atoms with Crippen LogP contribution in [0.5, 0.6) is 0 Å². The topological polar surface area (TPSA) is 64.3 Å². The summed E-state index contributed by atoms with van der Waals surface area (Å²) in [7, 11) is -3.43. The molecule has 5 nitrogen and oxygen atoms in total. The van der Waals surface area contributed by atoms with Crippen molar-refractivity contribution in [1.82, 2.24) is 9.55 Å². The molecule has 1 aliphatic heterocycles. The second-order valence-electron chi connectivity index (χ2n) is 5.08. The lowest BCUT2D eigenvalue weighted by Crippen LogP contribution is -2.08. The highest BCUT2D eigenvalue weighted by Gasteiger charge is 2.25. The number of sulfone groups is 1. The molecule has 3 rings (SSSR count). The maximum absolute atomic E-state index is 12.3. The van der Waals surface area contributed by atoms with E-state index in [0.717, 1.165) is 5.56 Å². The lowest BCUT2D eigenvalue weighted by Gasteiger charge is -2.02. The molecule has 0 fully saturated rings. The van der Waals surface area contributed by atoms with Gasteiger partial charge in [-0.1, -0.05) is 29.3 Å². The number of fused-ring (bicyclic) bond motifs is 1. The molecule has 0 saturated carbocycles. The van der Waals surface area contributed by atoms with Crippen LogP contribution < -0.4 is 0 Å². The van der Waals surface area contributed by atoms with E-state index in [1.165, 1.54) is 0 Å². The lowest BCUT2D eigenvalue weighted by molar-refractivity contribution is 0.596. The van der Waals surface area contributed by atoms with Crippen LogP contribution in [0.2, 0.25) is 5.15 Å². The second-order valence-corrected chi connectivity index (χ2v) is 8.42. The normalized spacial score (nSPS) is 16.2. The molecule has 0 amide bonds. The van der Waals surface area contributed by atoms with E-state index in [2.05, 4.69) is 32.6 Å². The Labute approximate surface area is 147 Å². The van der Waals surface area contributed by atoms with Crippen molar-refractivity contribution in [2.75, 3.05) is 5.88 Å². The molecule has 1 aliphatic rings. The van der Waals surface area contributed by atoms with E-state index in [9.17, 15) is 8.42 Å². The van der Waals surface area contributed by atoms with Crippen molar-refractivity contribution in [3.63, 3.8) is 0 Å². The van der Waals surface area contributed by atoms with Crippen molar-refractivity contribution in [2.45, 2.75) is 24.8 Å². The van der Waals surface area contributed by atoms with Gasteiger partial charge in [-0.3, -0.25) is 4.99 Å². The van der Waals surface area contributed by atoms with E-state index in [1.54, 1.807) is 24.3 Å². The summed E-state index contributed by atoms with van der Waals surface area (Å²) in [5.41, 5.74) is 1.72. The number of rotatable bonds is 3. The van der Waals surface area contributed by atoms with Crippen LogP contribution in [0.4, 0.5) is 0 Å². The van der Waals surface area contributed by atoms with Gasteiger partial charge in [-0.15, -0.1) is 0 Å². The van der Waals surface area contributed by atoms with Crippen LogP contribution in [0, 0.1) is 10.6 Å². The Morgan fingerprint density at radius 1 is 1.36 bits per heavy atom. The molecule has 0 N–H and O–H groups in total. The number of aromatic nitrogens is 2. The van der Waals surface area contributed by atoms with E-state index in [-0.39, 0.29) is 10.8 Å². The van der Waals surface area contributed by atoms with Gasteiger partial charge in [0, 0.05) is 13.0 Å². The van der Waals surface area contributed by atoms with E-state index >= 15 is 0 Å². The van der Waals surface area contributed by atoms with Crippen LogP contribution in [-0.2, 0) is 16.4 Å². The highest BCUT2D eigenvalue weighted by atomic mass is 127. The summed E-state index contributed by atoms with van der Waals surface area (Å²) in [6.07, 6.45) is 0.655. The van der Waals surface area contributed by atoms with Crippen molar-refractivity contribution in [3.8, 4) is 0 Å². The van der Waals surface area contributed by atoms with Gasteiger partial charge in [0.05, 0.1) is 10.6 Å². The summed E-state index contributed by atoms with van der Waals surface area (Å²) in [6, 6.07) is 6.79. The zero-order valence-electron chi connectivity index (χ0n) is 11.8. The molecule has 1 aromatic heterocycles. The largest absolute Gasteiger partial charge is 0.313 e. The first-order chi connectivity index (χ1) is 10.4. The molecule has 0 unspecified atom stereocenters. The lowest BCUT2D eigenvalue weighted by atomic mass is 10.2. The predicted molar refractivity (Wildman–Crippen MR) is 94.3 cm³/mol. The van der Waals surface area contributed by atoms with Crippen LogP contribution in [0.15, 0.2) is 34.2 Å². The van der Waals surface area contributed by atoms with E-state index < -0.39 is 9.84 Å². The number of nitrogens with zero attached hydrogens (tertiary/aromatic N) is 3. The Bertz CT molecular complexity index is 857. The van der Waals surface area contributed by atoms with Crippen LogP contribution in [0.3, 0.4) is 0 Å². The van der Waals surface area contributed by atoms with Crippen molar-refractivity contribution < 1.29 is 8.42 Å². The molecule has 0 bridgehead atoms. The van der Waals surface area contributed by atoms with Gasteiger partial charge in [0.2, 0.25) is 0 Å². The molecule has 116 valence electrons. The fraction of sp³-hybridized carbons (Fsp3) is 0.286. The maximum atomic E-state index is 12.3. The number of benzene rings is 1. The average Bonchev–Trinajstić information content (AvgIpc) is 2.99. The molecule has 0 aliphatic carbocycles. The van der Waals surface area contributed by atoms with Crippen molar-refractivity contribution in [1.29, 1.82) is 0 Å². The Morgan fingerprint density at radius 3 is 2.73 bits per heavy atom. The monoisotopic (exact) mass is 449 g/mol. The van der Waals surface area contributed by atoms with Crippen molar-refractivity contribution >= 4 is 49.7 Å². The van der Waals surface area contributed by atoms with Crippen molar-refractivity contribution in [3.05, 3.63) is 44.5 Å². The van der Waals surface area contributed by atoms with Crippen molar-refractivity contribution in [2.24, 2.45) is 4.99 Å². The Morgan fingerprint density at radius 2 is 2.05 bits per heavy atom. The molecule has 22 heavy (non-hydrogen) atoms. The predicted octanol–water partition coefficient (Wildman–Crippen LogP) is 3.07. The smallest absolute Gasteiger partial charge is 0.198 e. The zero-order chi connectivity index (χ0) is 15.9. The van der Waals surface area contributed by atoms with E-state index in [4.69, 9.17) is 11.6 Å². The van der Waals surface area contributed by atoms with E-state index in [1.807, 2.05) is 11.5 Å². The third kappa shape index (κ3) is 2.93. The first-order valence-corrected chi connectivity index (χ1v) is 9.74. The van der Waals surface area contributed by atoms with Gasteiger partial charge >= 0.3 is 0 Å². The molecular formula is C14H13ClIN3O2S. The molecule has 1 aromatic carbocycles. The SMILES string of the molecule is Cc1ccc(S(=O)(=O)CN=C2CCn3c2nc(I)c3Cl)cc1. The zero-order valence-corrected chi connectivity index (χ0v) is 15.5. The van der Waals surface area contributed by atoms with Gasteiger partial charge in [-0.2, -0.15) is 0 Å². The number of aryl methyl sites for hydroxylation is 1. The Kier molecular flexibility index (Phi) is 4.30. The second kappa shape index (κ2) is 5.93. The minimum absolute atomic E-state index is 0.271. The van der Waals surface area contributed by atoms with Gasteiger partial charge in [0.25, 0.3) is 0 Å². The number of hydrogen-bond donors (Lipinski definition) is 0. The third-order valence-corrected chi connectivity index (χ3v) is 6.42. The minimum atomic E-state index is -3.43. The number of imidazole rings is 1. The molecule has 0 atom stereocenters. The molecule has 8 heteroatoms. The van der Waals surface area contributed by atoms with Crippen LogP contribution in [-0.4, -0.2) is 29.6 Å².